The molecule has 0 N–H and O–H groups in total. The van der Waals surface area contributed by atoms with E-state index in [9.17, 15) is 0 Å². The lowest BCUT2D eigenvalue weighted by atomic mass is 10.0. The first-order valence-corrected chi connectivity index (χ1v) is 10.0. The number of nitrogens with zero attached hydrogens (tertiary/aromatic N) is 2. The van der Waals surface area contributed by atoms with Crippen LogP contribution in [0.25, 0.3) is 0 Å². The first-order valence-electron chi connectivity index (χ1n) is 10.0. The molecule has 0 saturated carbocycles. The van der Waals surface area contributed by atoms with Gasteiger partial charge in [-0.2, -0.15) is 0 Å². The number of benzene rings is 1. The standard InChI is InChI=1S/C21H34N2O2/c1-24-21-9-8-19(7-6-12-22-13-15-25-16-14-22)20(17-21)18-23-10-4-2-3-5-11-23/h8-9,17H,2-7,10-16,18H2,1H3. The highest BCUT2D eigenvalue weighted by molar-refractivity contribution is 5.36. The van der Waals surface area contributed by atoms with E-state index in [0.29, 0.717) is 0 Å². The number of morpholine rings is 1. The minimum atomic E-state index is 0.892. The van der Waals surface area contributed by atoms with Crippen LogP contribution in [-0.4, -0.2) is 62.8 Å². The van der Waals surface area contributed by atoms with Crippen LogP contribution in [0, 0.1) is 0 Å². The van der Waals surface area contributed by atoms with Gasteiger partial charge < -0.3 is 9.47 Å². The molecular formula is C21H34N2O2. The molecule has 0 aliphatic carbocycles. The van der Waals surface area contributed by atoms with E-state index < -0.39 is 0 Å². The molecule has 0 amide bonds. The summed E-state index contributed by atoms with van der Waals surface area (Å²) in [5, 5.41) is 0. The second-order valence-corrected chi connectivity index (χ2v) is 7.38. The fraction of sp³-hybridized carbons (Fsp3) is 0.714. The van der Waals surface area contributed by atoms with Crippen molar-refractivity contribution in [2.45, 2.75) is 45.1 Å². The van der Waals surface area contributed by atoms with E-state index in [1.807, 2.05) is 0 Å². The molecule has 4 heteroatoms. The van der Waals surface area contributed by atoms with Crippen molar-refractivity contribution in [3.05, 3.63) is 29.3 Å². The highest BCUT2D eigenvalue weighted by atomic mass is 16.5. The van der Waals surface area contributed by atoms with Gasteiger partial charge in [0, 0.05) is 19.6 Å². The summed E-state index contributed by atoms with van der Waals surface area (Å²) < 4.78 is 10.9. The van der Waals surface area contributed by atoms with Gasteiger partial charge in [-0.25, -0.2) is 0 Å². The largest absolute Gasteiger partial charge is 0.497 e. The Kier molecular flexibility index (Phi) is 7.58. The second-order valence-electron chi connectivity index (χ2n) is 7.38. The van der Waals surface area contributed by atoms with Gasteiger partial charge in [-0.3, -0.25) is 9.80 Å². The van der Waals surface area contributed by atoms with Crippen LogP contribution in [0.3, 0.4) is 0 Å². The molecule has 140 valence electrons. The summed E-state index contributed by atoms with van der Waals surface area (Å²) in [6.07, 6.45) is 7.85. The van der Waals surface area contributed by atoms with E-state index >= 15 is 0 Å². The van der Waals surface area contributed by atoms with Gasteiger partial charge in [-0.05, 0) is 68.6 Å². The third-order valence-electron chi connectivity index (χ3n) is 5.53. The maximum atomic E-state index is 5.48. The number of aryl methyl sites for hydroxylation is 1. The van der Waals surface area contributed by atoms with Gasteiger partial charge in [0.1, 0.15) is 5.75 Å². The van der Waals surface area contributed by atoms with E-state index in [1.54, 1.807) is 7.11 Å². The van der Waals surface area contributed by atoms with Crippen LogP contribution < -0.4 is 4.74 Å². The zero-order chi connectivity index (χ0) is 17.3. The second kappa shape index (κ2) is 10.1. The fourth-order valence-corrected chi connectivity index (χ4v) is 3.97. The number of rotatable bonds is 7. The van der Waals surface area contributed by atoms with Gasteiger partial charge in [0.15, 0.2) is 0 Å². The Morgan fingerprint density at radius 3 is 2.40 bits per heavy atom. The van der Waals surface area contributed by atoms with Crippen molar-refractivity contribution in [3.8, 4) is 5.75 Å². The number of hydrogen-bond acceptors (Lipinski definition) is 4. The molecule has 2 aliphatic heterocycles. The van der Waals surface area contributed by atoms with E-state index in [2.05, 4.69) is 28.0 Å². The normalized spacial score (nSPS) is 20.4. The average Bonchev–Trinajstić information content (AvgIpc) is 2.92. The Hall–Kier alpha value is -1.10. The average molecular weight is 347 g/mol. The highest BCUT2D eigenvalue weighted by Crippen LogP contribution is 2.22. The van der Waals surface area contributed by atoms with Gasteiger partial charge in [0.2, 0.25) is 0 Å². The van der Waals surface area contributed by atoms with Crippen LogP contribution in [0.15, 0.2) is 18.2 Å². The summed E-state index contributed by atoms with van der Waals surface area (Å²) in [5.41, 5.74) is 2.96. The first kappa shape index (κ1) is 18.7. The number of likely N-dealkylation sites (tertiary alicyclic amines) is 1. The summed E-state index contributed by atoms with van der Waals surface area (Å²) in [4.78, 5) is 5.16. The van der Waals surface area contributed by atoms with Crippen molar-refractivity contribution in [2.75, 3.05) is 53.0 Å². The lowest BCUT2D eigenvalue weighted by Crippen LogP contribution is -2.37. The summed E-state index contributed by atoms with van der Waals surface area (Å²) in [6.45, 7) is 8.69. The molecule has 0 spiro atoms. The molecule has 2 saturated heterocycles. The van der Waals surface area contributed by atoms with E-state index in [0.717, 1.165) is 45.0 Å². The van der Waals surface area contributed by atoms with Crippen molar-refractivity contribution >= 4 is 0 Å². The van der Waals surface area contributed by atoms with Crippen molar-refractivity contribution in [1.29, 1.82) is 0 Å². The van der Waals surface area contributed by atoms with Gasteiger partial charge in [-0.15, -0.1) is 0 Å². The summed E-state index contributed by atoms with van der Waals surface area (Å²) >= 11 is 0. The van der Waals surface area contributed by atoms with Gasteiger partial charge in [0.05, 0.1) is 20.3 Å². The molecule has 2 fully saturated rings. The monoisotopic (exact) mass is 346 g/mol. The van der Waals surface area contributed by atoms with Crippen LogP contribution in [0.2, 0.25) is 0 Å². The number of methoxy groups -OCH3 is 1. The predicted octanol–water partition coefficient (Wildman–Crippen LogP) is 3.34. The maximum absolute atomic E-state index is 5.48. The van der Waals surface area contributed by atoms with Crippen molar-refractivity contribution in [3.63, 3.8) is 0 Å². The van der Waals surface area contributed by atoms with E-state index in [1.165, 1.54) is 62.9 Å². The first-order chi connectivity index (χ1) is 12.3. The molecule has 2 aliphatic rings. The van der Waals surface area contributed by atoms with Crippen LogP contribution in [0.4, 0.5) is 0 Å². The third kappa shape index (κ3) is 5.98. The Morgan fingerprint density at radius 1 is 0.920 bits per heavy atom. The SMILES string of the molecule is COc1ccc(CCCN2CCOCC2)c(CN2CCCCCC2)c1. The van der Waals surface area contributed by atoms with Crippen LogP contribution in [0.5, 0.6) is 5.75 Å². The lowest BCUT2D eigenvalue weighted by molar-refractivity contribution is 0.0374. The van der Waals surface area contributed by atoms with Gasteiger partial charge >= 0.3 is 0 Å². The van der Waals surface area contributed by atoms with Crippen LogP contribution >= 0.6 is 0 Å². The molecule has 1 aromatic rings. The number of hydrogen-bond donors (Lipinski definition) is 0. The highest BCUT2D eigenvalue weighted by Gasteiger charge is 2.14. The molecule has 0 aromatic heterocycles. The van der Waals surface area contributed by atoms with E-state index in [4.69, 9.17) is 9.47 Å². The molecule has 3 rings (SSSR count). The summed E-state index contributed by atoms with van der Waals surface area (Å²) in [6, 6.07) is 6.66. The smallest absolute Gasteiger partial charge is 0.119 e. The predicted molar refractivity (Wildman–Crippen MR) is 102 cm³/mol. The Labute approximate surface area is 153 Å². The lowest BCUT2D eigenvalue weighted by Gasteiger charge is -2.27. The van der Waals surface area contributed by atoms with E-state index in [-0.39, 0.29) is 0 Å². The van der Waals surface area contributed by atoms with Crippen LogP contribution in [0.1, 0.15) is 43.2 Å². The Bertz CT molecular complexity index is 507. The molecule has 0 atom stereocenters. The minimum Gasteiger partial charge on any atom is -0.497 e. The maximum Gasteiger partial charge on any atom is 0.119 e. The van der Waals surface area contributed by atoms with Crippen molar-refractivity contribution < 1.29 is 9.47 Å². The zero-order valence-electron chi connectivity index (χ0n) is 15.8. The number of ether oxygens (including phenoxy) is 2. The molecule has 1 aromatic carbocycles. The molecular weight excluding hydrogens is 312 g/mol. The Balaban J connectivity index is 1.58. The molecule has 0 radical (unpaired) electrons. The molecule has 25 heavy (non-hydrogen) atoms. The Morgan fingerprint density at radius 2 is 1.68 bits per heavy atom. The summed E-state index contributed by atoms with van der Waals surface area (Å²) in [7, 11) is 1.77. The topological polar surface area (TPSA) is 24.9 Å². The van der Waals surface area contributed by atoms with Gasteiger partial charge in [0.25, 0.3) is 0 Å². The quantitative estimate of drug-likeness (QED) is 0.756. The molecule has 0 unspecified atom stereocenters. The van der Waals surface area contributed by atoms with Crippen molar-refractivity contribution in [1.82, 2.24) is 9.80 Å². The fourth-order valence-electron chi connectivity index (χ4n) is 3.97. The van der Waals surface area contributed by atoms with Gasteiger partial charge in [-0.1, -0.05) is 18.9 Å². The minimum absolute atomic E-state index is 0.892. The molecule has 4 nitrogen and oxygen atoms in total. The summed E-state index contributed by atoms with van der Waals surface area (Å²) in [5.74, 6) is 0.988. The van der Waals surface area contributed by atoms with Crippen molar-refractivity contribution in [2.24, 2.45) is 0 Å². The molecule has 2 heterocycles. The third-order valence-corrected chi connectivity index (χ3v) is 5.53. The zero-order valence-corrected chi connectivity index (χ0v) is 15.8. The van der Waals surface area contributed by atoms with Crippen LogP contribution in [-0.2, 0) is 17.7 Å². The molecule has 0 bridgehead atoms.